The Labute approximate surface area is 109 Å². The Bertz CT molecular complexity index is 357. The van der Waals surface area contributed by atoms with Gasteiger partial charge in [0.15, 0.2) is 5.82 Å². The molecule has 0 aliphatic carbocycles. The minimum atomic E-state index is 0.351. The average molecular weight is 252 g/mol. The van der Waals surface area contributed by atoms with Crippen molar-refractivity contribution >= 4 is 11.5 Å². The zero-order chi connectivity index (χ0) is 13.4. The van der Waals surface area contributed by atoms with Gasteiger partial charge in [0.05, 0.1) is 7.11 Å². The molecule has 0 saturated heterocycles. The molecule has 18 heavy (non-hydrogen) atoms. The predicted molar refractivity (Wildman–Crippen MR) is 74.8 cm³/mol. The van der Waals surface area contributed by atoms with Crippen LogP contribution in [0.2, 0.25) is 0 Å². The second-order valence-electron chi connectivity index (χ2n) is 4.54. The second-order valence-corrected chi connectivity index (χ2v) is 4.54. The van der Waals surface area contributed by atoms with Gasteiger partial charge >= 0.3 is 0 Å². The fourth-order valence-electron chi connectivity index (χ4n) is 1.84. The first-order valence-electron chi connectivity index (χ1n) is 6.60. The second kappa shape index (κ2) is 7.74. The summed E-state index contributed by atoms with van der Waals surface area (Å²) in [7, 11) is 1.55. The van der Waals surface area contributed by atoms with Crippen LogP contribution < -0.4 is 15.8 Å². The van der Waals surface area contributed by atoms with Gasteiger partial charge in [0.2, 0.25) is 5.88 Å². The Morgan fingerprint density at radius 1 is 1.33 bits per heavy atom. The number of ether oxygens (including phenoxy) is 1. The van der Waals surface area contributed by atoms with Crippen molar-refractivity contribution in [2.24, 2.45) is 0 Å². The molecule has 1 rings (SSSR count). The number of anilines is 2. The first-order chi connectivity index (χ1) is 8.69. The summed E-state index contributed by atoms with van der Waals surface area (Å²) in [6.45, 7) is 4.36. The molecule has 3 N–H and O–H groups in total. The van der Waals surface area contributed by atoms with Gasteiger partial charge in [0.1, 0.15) is 12.0 Å². The van der Waals surface area contributed by atoms with E-state index in [4.69, 9.17) is 10.5 Å². The molecule has 0 aromatic carbocycles. The fraction of sp³-hybridized carbons (Fsp3) is 0.692. The SMILES string of the molecule is CCCCCCC(C)Nc1ncnc(OC)c1N. The Hall–Kier alpha value is -1.52. The van der Waals surface area contributed by atoms with Gasteiger partial charge in [-0.05, 0) is 13.3 Å². The molecule has 1 atom stereocenters. The van der Waals surface area contributed by atoms with E-state index in [1.165, 1.54) is 32.0 Å². The molecule has 5 nitrogen and oxygen atoms in total. The third-order valence-corrected chi connectivity index (χ3v) is 2.91. The normalized spacial score (nSPS) is 12.2. The number of nitrogens with one attached hydrogen (secondary N) is 1. The predicted octanol–water partition coefficient (Wildman–Crippen LogP) is 2.84. The summed E-state index contributed by atoms with van der Waals surface area (Å²) in [5.74, 6) is 1.08. The molecule has 1 aromatic heterocycles. The van der Waals surface area contributed by atoms with Gasteiger partial charge in [-0.25, -0.2) is 4.98 Å². The number of hydrogen-bond donors (Lipinski definition) is 2. The molecular formula is C13H24N4O. The molecule has 1 heterocycles. The van der Waals surface area contributed by atoms with E-state index in [2.05, 4.69) is 29.1 Å². The van der Waals surface area contributed by atoms with Gasteiger partial charge in [0, 0.05) is 6.04 Å². The standard InChI is InChI=1S/C13H24N4O/c1-4-5-6-7-8-10(2)17-12-11(14)13(18-3)16-9-15-12/h9-10H,4-8,14H2,1-3H3,(H,15,16,17). The summed E-state index contributed by atoms with van der Waals surface area (Å²) in [6, 6.07) is 0.351. The van der Waals surface area contributed by atoms with Crippen LogP contribution in [0.25, 0.3) is 0 Å². The number of unbranched alkanes of at least 4 members (excludes halogenated alkanes) is 3. The van der Waals surface area contributed by atoms with E-state index in [0.29, 0.717) is 23.4 Å². The Morgan fingerprint density at radius 3 is 2.78 bits per heavy atom. The van der Waals surface area contributed by atoms with Crippen LogP contribution in [0.5, 0.6) is 5.88 Å². The van der Waals surface area contributed by atoms with Gasteiger partial charge in [-0.15, -0.1) is 0 Å². The van der Waals surface area contributed by atoms with Crippen LogP contribution in [-0.2, 0) is 0 Å². The van der Waals surface area contributed by atoms with E-state index in [0.717, 1.165) is 6.42 Å². The Morgan fingerprint density at radius 2 is 2.11 bits per heavy atom. The lowest BCUT2D eigenvalue weighted by Gasteiger charge is -2.16. The van der Waals surface area contributed by atoms with E-state index in [1.54, 1.807) is 7.11 Å². The lowest BCUT2D eigenvalue weighted by atomic mass is 10.1. The van der Waals surface area contributed by atoms with Gasteiger partial charge in [-0.1, -0.05) is 32.6 Å². The minimum Gasteiger partial charge on any atom is -0.479 e. The highest BCUT2D eigenvalue weighted by Gasteiger charge is 2.10. The van der Waals surface area contributed by atoms with Crippen LogP contribution in [-0.4, -0.2) is 23.1 Å². The maximum Gasteiger partial charge on any atom is 0.242 e. The highest BCUT2D eigenvalue weighted by Crippen LogP contribution is 2.25. The third kappa shape index (κ3) is 4.39. The van der Waals surface area contributed by atoms with Crippen LogP contribution in [0, 0.1) is 0 Å². The zero-order valence-corrected chi connectivity index (χ0v) is 11.6. The fourth-order valence-corrected chi connectivity index (χ4v) is 1.84. The number of rotatable bonds is 8. The number of methoxy groups -OCH3 is 1. The van der Waals surface area contributed by atoms with E-state index >= 15 is 0 Å². The number of nitrogens with two attached hydrogens (primary N) is 1. The van der Waals surface area contributed by atoms with E-state index in [1.807, 2.05) is 0 Å². The smallest absolute Gasteiger partial charge is 0.242 e. The Balaban J connectivity index is 2.46. The van der Waals surface area contributed by atoms with E-state index in [-0.39, 0.29) is 0 Å². The van der Waals surface area contributed by atoms with Gasteiger partial charge in [-0.2, -0.15) is 4.98 Å². The monoisotopic (exact) mass is 252 g/mol. The van der Waals surface area contributed by atoms with Crippen molar-refractivity contribution in [2.45, 2.75) is 52.0 Å². The molecule has 0 spiro atoms. The highest BCUT2D eigenvalue weighted by molar-refractivity contribution is 5.66. The quantitative estimate of drug-likeness (QED) is 0.696. The summed E-state index contributed by atoms with van der Waals surface area (Å²) in [5, 5.41) is 3.31. The topological polar surface area (TPSA) is 73.1 Å². The van der Waals surface area contributed by atoms with Crippen LogP contribution >= 0.6 is 0 Å². The number of hydrogen-bond acceptors (Lipinski definition) is 5. The van der Waals surface area contributed by atoms with Gasteiger partial charge < -0.3 is 15.8 Å². The molecule has 0 fully saturated rings. The summed E-state index contributed by atoms with van der Waals surface area (Å²) in [6.07, 6.45) is 7.65. The third-order valence-electron chi connectivity index (χ3n) is 2.91. The number of aromatic nitrogens is 2. The minimum absolute atomic E-state index is 0.351. The molecule has 1 aromatic rings. The molecule has 102 valence electrons. The molecular weight excluding hydrogens is 228 g/mol. The van der Waals surface area contributed by atoms with Crippen molar-refractivity contribution in [3.05, 3.63) is 6.33 Å². The van der Waals surface area contributed by atoms with E-state index < -0.39 is 0 Å². The number of nitrogens with zero attached hydrogens (tertiary/aromatic N) is 2. The maximum absolute atomic E-state index is 5.91. The average Bonchev–Trinajstić information content (AvgIpc) is 2.37. The summed E-state index contributed by atoms with van der Waals surface area (Å²) in [5.41, 5.74) is 6.38. The molecule has 0 bridgehead atoms. The van der Waals surface area contributed by atoms with Crippen molar-refractivity contribution in [2.75, 3.05) is 18.2 Å². The largest absolute Gasteiger partial charge is 0.479 e. The van der Waals surface area contributed by atoms with Crippen LogP contribution in [0.3, 0.4) is 0 Å². The zero-order valence-electron chi connectivity index (χ0n) is 11.6. The molecule has 0 radical (unpaired) electrons. The molecule has 0 saturated carbocycles. The van der Waals surface area contributed by atoms with Crippen LogP contribution in [0.1, 0.15) is 46.0 Å². The summed E-state index contributed by atoms with van der Waals surface area (Å²) in [4.78, 5) is 8.10. The van der Waals surface area contributed by atoms with Crippen molar-refractivity contribution in [1.29, 1.82) is 0 Å². The molecule has 0 aliphatic heterocycles. The van der Waals surface area contributed by atoms with Gasteiger partial charge in [-0.3, -0.25) is 0 Å². The van der Waals surface area contributed by atoms with Crippen molar-refractivity contribution in [3.63, 3.8) is 0 Å². The van der Waals surface area contributed by atoms with Crippen molar-refractivity contribution in [3.8, 4) is 5.88 Å². The van der Waals surface area contributed by atoms with Crippen molar-refractivity contribution < 1.29 is 4.74 Å². The lowest BCUT2D eigenvalue weighted by Crippen LogP contribution is -2.17. The molecule has 1 unspecified atom stereocenters. The molecule has 0 amide bonds. The van der Waals surface area contributed by atoms with E-state index in [9.17, 15) is 0 Å². The van der Waals surface area contributed by atoms with Crippen LogP contribution in [0.4, 0.5) is 11.5 Å². The highest BCUT2D eigenvalue weighted by atomic mass is 16.5. The van der Waals surface area contributed by atoms with Crippen LogP contribution in [0.15, 0.2) is 6.33 Å². The first kappa shape index (κ1) is 14.5. The number of nitrogen functional groups attached to an aromatic ring is 1. The Kier molecular flexibility index (Phi) is 6.25. The summed E-state index contributed by atoms with van der Waals surface area (Å²) < 4.78 is 5.06. The first-order valence-corrected chi connectivity index (χ1v) is 6.60. The maximum atomic E-state index is 5.91. The lowest BCUT2D eigenvalue weighted by molar-refractivity contribution is 0.399. The van der Waals surface area contributed by atoms with Crippen molar-refractivity contribution in [1.82, 2.24) is 9.97 Å². The molecule has 0 aliphatic rings. The van der Waals surface area contributed by atoms with Gasteiger partial charge in [0.25, 0.3) is 0 Å². The molecule has 5 heteroatoms. The summed E-state index contributed by atoms with van der Waals surface area (Å²) >= 11 is 0.